The SMILES string of the molecule is CCOC(=O)N(CN(C)C)c1ccccc1. The molecule has 0 aliphatic carbocycles. The molecule has 0 radical (unpaired) electrons. The third kappa shape index (κ3) is 3.55. The summed E-state index contributed by atoms with van der Waals surface area (Å²) in [6.07, 6.45) is -0.317. The Labute approximate surface area is 96.4 Å². The molecule has 0 saturated heterocycles. The van der Waals surface area contributed by atoms with E-state index >= 15 is 0 Å². The first kappa shape index (κ1) is 12.5. The van der Waals surface area contributed by atoms with Gasteiger partial charge in [-0.2, -0.15) is 0 Å². The average Bonchev–Trinajstić information content (AvgIpc) is 2.27. The van der Waals surface area contributed by atoms with Gasteiger partial charge >= 0.3 is 6.09 Å². The predicted molar refractivity (Wildman–Crippen MR) is 64.5 cm³/mol. The van der Waals surface area contributed by atoms with Gasteiger partial charge in [0.1, 0.15) is 0 Å². The Balaban J connectivity index is 2.83. The lowest BCUT2D eigenvalue weighted by Gasteiger charge is -2.25. The second-order valence-corrected chi connectivity index (χ2v) is 3.68. The van der Waals surface area contributed by atoms with Gasteiger partial charge in [-0.3, -0.25) is 9.80 Å². The number of rotatable bonds is 4. The monoisotopic (exact) mass is 222 g/mol. The molecule has 0 spiro atoms. The van der Waals surface area contributed by atoms with E-state index in [4.69, 9.17) is 4.74 Å². The van der Waals surface area contributed by atoms with E-state index in [1.807, 2.05) is 49.3 Å². The molecule has 1 aromatic carbocycles. The molecule has 0 aromatic heterocycles. The maximum Gasteiger partial charge on any atom is 0.415 e. The smallest absolute Gasteiger partial charge is 0.415 e. The number of amides is 1. The third-order valence-electron chi connectivity index (χ3n) is 1.98. The minimum absolute atomic E-state index is 0.317. The summed E-state index contributed by atoms with van der Waals surface area (Å²) in [4.78, 5) is 15.3. The number of anilines is 1. The molecule has 0 aliphatic rings. The van der Waals surface area contributed by atoms with Crippen molar-refractivity contribution in [1.82, 2.24) is 4.90 Å². The first-order valence-corrected chi connectivity index (χ1v) is 5.29. The lowest BCUT2D eigenvalue weighted by Crippen LogP contribution is -2.38. The second kappa shape index (κ2) is 6.12. The normalized spacial score (nSPS) is 10.2. The molecule has 0 heterocycles. The van der Waals surface area contributed by atoms with Gasteiger partial charge in [0, 0.05) is 5.69 Å². The molecule has 0 N–H and O–H groups in total. The van der Waals surface area contributed by atoms with Gasteiger partial charge in [0.15, 0.2) is 0 Å². The first-order valence-electron chi connectivity index (χ1n) is 5.29. The Morgan fingerprint density at radius 1 is 1.25 bits per heavy atom. The Morgan fingerprint density at radius 3 is 2.38 bits per heavy atom. The van der Waals surface area contributed by atoms with Gasteiger partial charge in [-0.1, -0.05) is 18.2 Å². The minimum atomic E-state index is -0.317. The lowest BCUT2D eigenvalue weighted by atomic mass is 10.3. The van der Waals surface area contributed by atoms with E-state index in [-0.39, 0.29) is 6.09 Å². The Bertz CT molecular complexity index is 325. The molecular weight excluding hydrogens is 204 g/mol. The summed E-state index contributed by atoms with van der Waals surface area (Å²) in [5, 5.41) is 0. The number of hydrogen-bond donors (Lipinski definition) is 0. The van der Waals surface area contributed by atoms with E-state index in [1.54, 1.807) is 11.8 Å². The molecule has 16 heavy (non-hydrogen) atoms. The molecule has 4 nitrogen and oxygen atoms in total. The molecule has 0 aliphatic heterocycles. The van der Waals surface area contributed by atoms with E-state index < -0.39 is 0 Å². The van der Waals surface area contributed by atoms with Crippen molar-refractivity contribution in [2.24, 2.45) is 0 Å². The van der Waals surface area contributed by atoms with Crippen LogP contribution in [0.1, 0.15) is 6.92 Å². The molecule has 1 rings (SSSR count). The highest BCUT2D eigenvalue weighted by Gasteiger charge is 2.16. The fraction of sp³-hybridized carbons (Fsp3) is 0.417. The largest absolute Gasteiger partial charge is 0.449 e. The van der Waals surface area contributed by atoms with Gasteiger partial charge in [0.2, 0.25) is 0 Å². The lowest BCUT2D eigenvalue weighted by molar-refractivity contribution is 0.156. The summed E-state index contributed by atoms with van der Waals surface area (Å²) in [5.74, 6) is 0. The van der Waals surface area contributed by atoms with Gasteiger partial charge in [0.25, 0.3) is 0 Å². The number of para-hydroxylation sites is 1. The van der Waals surface area contributed by atoms with E-state index in [0.717, 1.165) is 5.69 Å². The highest BCUT2D eigenvalue weighted by atomic mass is 16.6. The van der Waals surface area contributed by atoms with Gasteiger partial charge in [-0.25, -0.2) is 4.79 Å². The predicted octanol–water partition coefficient (Wildman–Crippen LogP) is 2.17. The second-order valence-electron chi connectivity index (χ2n) is 3.68. The van der Waals surface area contributed by atoms with Crippen LogP contribution in [0.3, 0.4) is 0 Å². The zero-order valence-electron chi connectivity index (χ0n) is 10.0. The van der Waals surface area contributed by atoms with Crippen molar-refractivity contribution in [2.75, 3.05) is 32.3 Å². The summed E-state index contributed by atoms with van der Waals surface area (Å²) in [6.45, 7) is 2.69. The van der Waals surface area contributed by atoms with Crippen LogP contribution in [0, 0.1) is 0 Å². The molecule has 88 valence electrons. The number of benzene rings is 1. The molecule has 0 bridgehead atoms. The van der Waals surface area contributed by atoms with Crippen molar-refractivity contribution in [3.05, 3.63) is 30.3 Å². The van der Waals surface area contributed by atoms with Crippen molar-refractivity contribution in [1.29, 1.82) is 0 Å². The fourth-order valence-electron chi connectivity index (χ4n) is 1.34. The molecule has 0 saturated carbocycles. The summed E-state index contributed by atoms with van der Waals surface area (Å²) in [6, 6.07) is 9.50. The Hall–Kier alpha value is -1.55. The van der Waals surface area contributed by atoms with Crippen molar-refractivity contribution >= 4 is 11.8 Å². The summed E-state index contributed by atoms with van der Waals surface area (Å²) < 4.78 is 5.02. The van der Waals surface area contributed by atoms with Crippen LogP contribution < -0.4 is 4.90 Å². The summed E-state index contributed by atoms with van der Waals surface area (Å²) >= 11 is 0. The topological polar surface area (TPSA) is 32.8 Å². The van der Waals surface area contributed by atoms with Gasteiger partial charge in [-0.05, 0) is 33.2 Å². The summed E-state index contributed by atoms with van der Waals surface area (Å²) in [7, 11) is 3.82. The van der Waals surface area contributed by atoms with Crippen molar-refractivity contribution < 1.29 is 9.53 Å². The van der Waals surface area contributed by atoms with E-state index in [1.165, 1.54) is 0 Å². The van der Waals surface area contributed by atoms with Gasteiger partial charge in [-0.15, -0.1) is 0 Å². The standard InChI is InChI=1S/C12H18N2O2/c1-4-16-12(15)14(10-13(2)3)11-8-6-5-7-9-11/h5-9H,4,10H2,1-3H3. The quantitative estimate of drug-likeness (QED) is 0.732. The van der Waals surface area contributed by atoms with E-state index in [9.17, 15) is 4.79 Å². The van der Waals surface area contributed by atoms with Crippen LogP contribution in [-0.2, 0) is 4.74 Å². The number of carbonyl (C=O) groups is 1. The Morgan fingerprint density at radius 2 is 1.88 bits per heavy atom. The van der Waals surface area contributed by atoms with Crippen LogP contribution in [0.25, 0.3) is 0 Å². The maximum absolute atomic E-state index is 11.8. The van der Waals surface area contributed by atoms with Crippen molar-refractivity contribution in [3.63, 3.8) is 0 Å². The van der Waals surface area contributed by atoms with Gasteiger partial charge < -0.3 is 4.74 Å². The average molecular weight is 222 g/mol. The molecule has 1 aromatic rings. The molecular formula is C12H18N2O2. The molecule has 0 fully saturated rings. The van der Waals surface area contributed by atoms with Crippen molar-refractivity contribution in [3.8, 4) is 0 Å². The van der Waals surface area contributed by atoms with Crippen LogP contribution in [0.5, 0.6) is 0 Å². The van der Waals surface area contributed by atoms with Crippen LogP contribution >= 0.6 is 0 Å². The van der Waals surface area contributed by atoms with Gasteiger partial charge in [0.05, 0.1) is 13.3 Å². The molecule has 0 atom stereocenters. The fourth-order valence-corrected chi connectivity index (χ4v) is 1.34. The van der Waals surface area contributed by atoms with Crippen LogP contribution in [0.15, 0.2) is 30.3 Å². The number of nitrogens with zero attached hydrogens (tertiary/aromatic N) is 2. The highest BCUT2D eigenvalue weighted by molar-refractivity contribution is 5.87. The van der Waals surface area contributed by atoms with E-state index in [0.29, 0.717) is 13.3 Å². The maximum atomic E-state index is 11.8. The van der Waals surface area contributed by atoms with Crippen LogP contribution in [-0.4, -0.2) is 38.4 Å². The summed E-state index contributed by atoms with van der Waals surface area (Å²) in [5.41, 5.74) is 0.842. The third-order valence-corrected chi connectivity index (χ3v) is 1.98. The number of carbonyl (C=O) groups excluding carboxylic acids is 1. The highest BCUT2D eigenvalue weighted by Crippen LogP contribution is 2.14. The molecule has 1 amide bonds. The van der Waals surface area contributed by atoms with Crippen molar-refractivity contribution in [2.45, 2.75) is 6.92 Å². The molecule has 4 heteroatoms. The first-order chi connectivity index (χ1) is 7.65. The van der Waals surface area contributed by atoms with Crippen LogP contribution in [0.4, 0.5) is 10.5 Å². The van der Waals surface area contributed by atoms with Crippen LogP contribution in [0.2, 0.25) is 0 Å². The minimum Gasteiger partial charge on any atom is -0.449 e. The zero-order chi connectivity index (χ0) is 12.0. The Kier molecular flexibility index (Phi) is 4.79. The number of ether oxygens (including phenoxy) is 1. The van der Waals surface area contributed by atoms with E-state index in [2.05, 4.69) is 0 Å². The molecule has 0 unspecified atom stereocenters. The zero-order valence-corrected chi connectivity index (χ0v) is 10.0. The number of hydrogen-bond acceptors (Lipinski definition) is 3.